The fraction of sp³-hybridized carbons (Fsp3) is 0.348. The van der Waals surface area contributed by atoms with Crippen molar-refractivity contribution in [3.63, 3.8) is 0 Å². The largest absolute Gasteiger partial charge is 0.497 e. The van der Waals surface area contributed by atoms with Gasteiger partial charge in [-0.1, -0.05) is 0 Å². The molecule has 3 amide bonds. The van der Waals surface area contributed by atoms with E-state index < -0.39 is 12.0 Å². The second-order valence-electron chi connectivity index (χ2n) is 7.28. The maximum absolute atomic E-state index is 12.6. The van der Waals surface area contributed by atoms with Crippen molar-refractivity contribution >= 4 is 29.1 Å². The summed E-state index contributed by atoms with van der Waals surface area (Å²) >= 11 is 0. The lowest BCUT2D eigenvalue weighted by atomic mass is 10.1. The second kappa shape index (κ2) is 9.97. The van der Waals surface area contributed by atoms with Gasteiger partial charge in [0.25, 0.3) is 0 Å². The lowest BCUT2D eigenvalue weighted by Crippen LogP contribution is -2.44. The molecule has 2 atom stereocenters. The van der Waals surface area contributed by atoms with Gasteiger partial charge in [0.15, 0.2) is 0 Å². The van der Waals surface area contributed by atoms with Gasteiger partial charge >= 0.3 is 0 Å². The Hall–Kier alpha value is -3.55. The van der Waals surface area contributed by atoms with Crippen LogP contribution in [-0.2, 0) is 14.4 Å². The number of nitrogens with zero attached hydrogens (tertiary/aromatic N) is 1. The van der Waals surface area contributed by atoms with E-state index in [1.54, 1.807) is 67.5 Å². The molecule has 8 nitrogen and oxygen atoms in total. The van der Waals surface area contributed by atoms with Crippen LogP contribution in [0.5, 0.6) is 11.5 Å². The Labute approximate surface area is 181 Å². The minimum atomic E-state index is -0.746. The van der Waals surface area contributed by atoms with Crippen molar-refractivity contribution in [3.05, 3.63) is 48.5 Å². The average Bonchev–Trinajstić information content (AvgIpc) is 3.17. The number of hydrogen-bond donors (Lipinski definition) is 2. The maximum Gasteiger partial charge on any atom is 0.246 e. The van der Waals surface area contributed by atoms with Crippen LogP contribution >= 0.6 is 0 Å². The topological polar surface area (TPSA) is 97.0 Å². The molecular weight excluding hydrogens is 398 g/mol. The van der Waals surface area contributed by atoms with Gasteiger partial charge in [0.05, 0.1) is 19.6 Å². The normalized spacial score (nSPS) is 16.5. The SMILES string of the molecule is CCOc1ccc(NC(=O)[C@@H](C)NC(=O)C2CC(=O)N(c3ccc(OC)cc3)C2)cc1. The molecule has 8 heteroatoms. The lowest BCUT2D eigenvalue weighted by molar-refractivity contribution is -0.129. The summed E-state index contributed by atoms with van der Waals surface area (Å²) in [5.74, 6) is 0.103. The molecule has 0 saturated carbocycles. The highest BCUT2D eigenvalue weighted by atomic mass is 16.5. The van der Waals surface area contributed by atoms with Gasteiger partial charge in [-0.25, -0.2) is 0 Å². The molecule has 1 fully saturated rings. The van der Waals surface area contributed by atoms with E-state index in [1.165, 1.54) is 0 Å². The van der Waals surface area contributed by atoms with Crippen LogP contribution in [-0.4, -0.2) is 44.0 Å². The van der Waals surface area contributed by atoms with Gasteiger partial charge in [0, 0.05) is 24.3 Å². The summed E-state index contributed by atoms with van der Waals surface area (Å²) in [6, 6.07) is 13.4. The third-order valence-corrected chi connectivity index (χ3v) is 5.06. The predicted octanol–water partition coefficient (Wildman–Crippen LogP) is 2.59. The summed E-state index contributed by atoms with van der Waals surface area (Å²) in [4.78, 5) is 39.1. The molecule has 0 spiro atoms. The van der Waals surface area contributed by atoms with E-state index in [1.807, 2.05) is 6.92 Å². The molecule has 164 valence electrons. The second-order valence-corrected chi connectivity index (χ2v) is 7.28. The van der Waals surface area contributed by atoms with E-state index >= 15 is 0 Å². The first-order valence-electron chi connectivity index (χ1n) is 10.2. The Morgan fingerprint density at radius 2 is 1.74 bits per heavy atom. The van der Waals surface area contributed by atoms with Crippen LogP contribution in [0, 0.1) is 5.92 Å². The van der Waals surface area contributed by atoms with Crippen LogP contribution in [0.2, 0.25) is 0 Å². The number of benzene rings is 2. The molecular formula is C23H27N3O5. The highest BCUT2D eigenvalue weighted by Gasteiger charge is 2.36. The molecule has 0 radical (unpaired) electrons. The van der Waals surface area contributed by atoms with Gasteiger partial charge in [-0.2, -0.15) is 0 Å². The molecule has 2 N–H and O–H groups in total. The monoisotopic (exact) mass is 425 g/mol. The third kappa shape index (κ3) is 5.53. The Balaban J connectivity index is 1.54. The van der Waals surface area contributed by atoms with Crippen molar-refractivity contribution in [2.45, 2.75) is 26.3 Å². The van der Waals surface area contributed by atoms with Crippen LogP contribution in [0.25, 0.3) is 0 Å². The molecule has 1 aliphatic rings. The first-order chi connectivity index (χ1) is 14.9. The van der Waals surface area contributed by atoms with Gasteiger partial charge in [0.1, 0.15) is 17.5 Å². The Morgan fingerprint density at radius 3 is 2.35 bits per heavy atom. The first-order valence-corrected chi connectivity index (χ1v) is 10.2. The number of amides is 3. The van der Waals surface area contributed by atoms with Gasteiger partial charge in [0.2, 0.25) is 17.7 Å². The van der Waals surface area contributed by atoms with Crippen molar-refractivity contribution < 1.29 is 23.9 Å². The van der Waals surface area contributed by atoms with Crippen molar-refractivity contribution in [2.75, 3.05) is 30.5 Å². The summed E-state index contributed by atoms with van der Waals surface area (Å²) in [6.07, 6.45) is 0.102. The minimum absolute atomic E-state index is 0.102. The molecule has 31 heavy (non-hydrogen) atoms. The molecule has 0 aliphatic carbocycles. The number of carbonyl (C=O) groups excluding carboxylic acids is 3. The third-order valence-electron chi connectivity index (χ3n) is 5.06. The molecule has 3 rings (SSSR count). The summed E-state index contributed by atoms with van der Waals surface area (Å²) in [6.45, 7) is 4.34. The molecule has 1 unspecified atom stereocenters. The number of ether oxygens (including phenoxy) is 2. The molecule has 1 aliphatic heterocycles. The lowest BCUT2D eigenvalue weighted by Gasteiger charge is -2.18. The fourth-order valence-corrected chi connectivity index (χ4v) is 3.34. The summed E-state index contributed by atoms with van der Waals surface area (Å²) in [5.41, 5.74) is 1.32. The van der Waals surface area contributed by atoms with Crippen molar-refractivity contribution in [1.82, 2.24) is 5.32 Å². The number of methoxy groups -OCH3 is 1. The predicted molar refractivity (Wildman–Crippen MR) is 117 cm³/mol. The highest BCUT2D eigenvalue weighted by Crippen LogP contribution is 2.27. The zero-order chi connectivity index (χ0) is 22.4. The molecule has 1 heterocycles. The molecule has 0 bridgehead atoms. The Morgan fingerprint density at radius 1 is 1.10 bits per heavy atom. The van der Waals surface area contributed by atoms with E-state index in [2.05, 4.69) is 10.6 Å². The van der Waals surface area contributed by atoms with Gasteiger partial charge in [-0.15, -0.1) is 0 Å². The average molecular weight is 425 g/mol. The minimum Gasteiger partial charge on any atom is -0.497 e. The van der Waals surface area contributed by atoms with E-state index in [9.17, 15) is 14.4 Å². The molecule has 2 aromatic carbocycles. The zero-order valence-corrected chi connectivity index (χ0v) is 17.9. The number of rotatable bonds is 8. The Bertz CT molecular complexity index is 927. The quantitative estimate of drug-likeness (QED) is 0.678. The first kappa shape index (κ1) is 22.1. The van der Waals surface area contributed by atoms with Crippen LogP contribution in [0.3, 0.4) is 0 Å². The maximum atomic E-state index is 12.6. The van der Waals surface area contributed by atoms with Crippen LogP contribution in [0.4, 0.5) is 11.4 Å². The Kier molecular flexibility index (Phi) is 7.12. The van der Waals surface area contributed by atoms with Crippen molar-refractivity contribution in [1.29, 1.82) is 0 Å². The highest BCUT2D eigenvalue weighted by molar-refractivity contribution is 6.02. The number of hydrogen-bond acceptors (Lipinski definition) is 5. The van der Waals surface area contributed by atoms with E-state index in [4.69, 9.17) is 9.47 Å². The van der Waals surface area contributed by atoms with Crippen molar-refractivity contribution in [2.24, 2.45) is 5.92 Å². The van der Waals surface area contributed by atoms with E-state index in [0.717, 1.165) is 0 Å². The molecule has 0 aromatic heterocycles. The fourth-order valence-electron chi connectivity index (χ4n) is 3.34. The zero-order valence-electron chi connectivity index (χ0n) is 17.9. The van der Waals surface area contributed by atoms with Crippen molar-refractivity contribution in [3.8, 4) is 11.5 Å². The number of nitrogens with one attached hydrogen (secondary N) is 2. The van der Waals surface area contributed by atoms with Crippen LogP contribution in [0.1, 0.15) is 20.3 Å². The van der Waals surface area contributed by atoms with E-state index in [-0.39, 0.29) is 30.7 Å². The summed E-state index contributed by atoms with van der Waals surface area (Å²) in [7, 11) is 1.57. The molecule has 2 aromatic rings. The van der Waals surface area contributed by atoms with Crippen LogP contribution in [0.15, 0.2) is 48.5 Å². The summed E-state index contributed by atoms with van der Waals surface area (Å²) < 4.78 is 10.5. The number of anilines is 2. The van der Waals surface area contributed by atoms with Gasteiger partial charge in [-0.3, -0.25) is 14.4 Å². The number of carbonyl (C=O) groups is 3. The van der Waals surface area contributed by atoms with Gasteiger partial charge in [-0.05, 0) is 62.4 Å². The van der Waals surface area contributed by atoms with Gasteiger partial charge < -0.3 is 25.0 Å². The van der Waals surface area contributed by atoms with Crippen LogP contribution < -0.4 is 25.0 Å². The smallest absolute Gasteiger partial charge is 0.246 e. The summed E-state index contributed by atoms with van der Waals surface area (Å²) in [5, 5.41) is 5.47. The van der Waals surface area contributed by atoms with E-state index in [0.29, 0.717) is 29.5 Å². The standard InChI is InChI=1S/C23H27N3O5/c1-4-31-20-9-5-17(6-10-20)25-22(28)15(2)24-23(29)16-13-21(27)26(14-16)18-7-11-19(30-3)12-8-18/h5-12,15-16H,4,13-14H2,1-3H3,(H,24,29)(H,25,28)/t15-,16?/m1/s1. The molecule has 1 saturated heterocycles.